The molecule has 33 heavy (non-hydrogen) atoms. The number of carbonyl (C=O) groups is 1. The number of rotatable bonds is 8. The van der Waals surface area contributed by atoms with Crippen molar-refractivity contribution < 1.29 is 4.79 Å². The van der Waals surface area contributed by atoms with Crippen LogP contribution in [0.15, 0.2) is 72.9 Å². The number of hydrogen-bond acceptors (Lipinski definition) is 5. The molecule has 4 rings (SSSR count). The van der Waals surface area contributed by atoms with Crippen LogP contribution in [0.4, 0.5) is 11.5 Å². The monoisotopic (exact) mass is 443 g/mol. The summed E-state index contributed by atoms with van der Waals surface area (Å²) in [5.41, 5.74) is 4.16. The summed E-state index contributed by atoms with van der Waals surface area (Å²) in [6.45, 7) is 6.80. The van der Waals surface area contributed by atoms with Gasteiger partial charge in [0.15, 0.2) is 0 Å². The third kappa shape index (κ3) is 6.40. The minimum absolute atomic E-state index is 0.0840. The van der Waals surface area contributed by atoms with Crippen LogP contribution < -0.4 is 15.5 Å². The molecule has 0 aliphatic carbocycles. The Morgan fingerprint density at radius 2 is 1.70 bits per heavy atom. The summed E-state index contributed by atoms with van der Waals surface area (Å²) < 4.78 is 0. The molecule has 1 aliphatic rings. The summed E-state index contributed by atoms with van der Waals surface area (Å²) in [5, 5.41) is 6.48. The van der Waals surface area contributed by atoms with Crippen molar-refractivity contribution in [3.63, 3.8) is 0 Å². The average molecular weight is 444 g/mol. The highest BCUT2D eigenvalue weighted by molar-refractivity contribution is 5.95. The summed E-state index contributed by atoms with van der Waals surface area (Å²) in [4.78, 5) is 22.4. The second-order valence-electron chi connectivity index (χ2n) is 8.72. The van der Waals surface area contributed by atoms with Gasteiger partial charge in [-0.05, 0) is 43.7 Å². The molecule has 0 unspecified atom stereocenters. The summed E-state index contributed by atoms with van der Waals surface area (Å²) in [6.07, 6.45) is 2.61. The summed E-state index contributed by atoms with van der Waals surface area (Å²) in [7, 11) is 2.14. The molecular weight excluding hydrogens is 410 g/mol. The fourth-order valence-electron chi connectivity index (χ4n) is 4.02. The number of benzene rings is 2. The van der Waals surface area contributed by atoms with Crippen molar-refractivity contribution in [1.29, 1.82) is 0 Å². The fourth-order valence-corrected chi connectivity index (χ4v) is 4.02. The van der Waals surface area contributed by atoms with E-state index in [2.05, 4.69) is 63.7 Å². The summed E-state index contributed by atoms with van der Waals surface area (Å²) in [6, 6.07) is 21.9. The van der Waals surface area contributed by atoms with E-state index < -0.39 is 6.04 Å². The first-order valence-electron chi connectivity index (χ1n) is 11.6. The number of nitrogens with zero attached hydrogens (tertiary/aromatic N) is 3. The predicted octanol–water partition coefficient (Wildman–Crippen LogP) is 3.65. The molecule has 6 nitrogen and oxygen atoms in total. The molecule has 2 heterocycles. The Labute approximate surface area is 196 Å². The molecule has 2 aromatic carbocycles. The molecular formula is C27H33N5O. The Kier molecular flexibility index (Phi) is 7.70. The van der Waals surface area contributed by atoms with Crippen LogP contribution in [0.25, 0.3) is 0 Å². The number of hydrogen-bond donors (Lipinski definition) is 2. The number of likely N-dealkylation sites (N-methyl/N-ethyl adjacent to an activating group) is 1. The molecule has 2 N–H and O–H groups in total. The largest absolute Gasteiger partial charge is 0.354 e. The predicted molar refractivity (Wildman–Crippen MR) is 135 cm³/mol. The van der Waals surface area contributed by atoms with Gasteiger partial charge in [0.1, 0.15) is 11.9 Å². The molecule has 1 amide bonds. The number of nitrogens with one attached hydrogen (secondary N) is 2. The lowest BCUT2D eigenvalue weighted by Crippen LogP contribution is -2.44. The molecule has 0 spiro atoms. The third-order valence-electron chi connectivity index (χ3n) is 6.12. The van der Waals surface area contributed by atoms with Gasteiger partial charge >= 0.3 is 0 Å². The Morgan fingerprint density at radius 1 is 0.970 bits per heavy atom. The van der Waals surface area contributed by atoms with Gasteiger partial charge in [0.05, 0.1) is 11.9 Å². The van der Waals surface area contributed by atoms with Crippen molar-refractivity contribution in [3.8, 4) is 0 Å². The van der Waals surface area contributed by atoms with E-state index in [-0.39, 0.29) is 5.91 Å². The number of carbonyl (C=O) groups excluding carboxylic acids is 1. The van der Waals surface area contributed by atoms with Crippen molar-refractivity contribution in [2.75, 3.05) is 50.0 Å². The molecule has 172 valence electrons. The van der Waals surface area contributed by atoms with Crippen LogP contribution in [0.1, 0.15) is 22.7 Å². The third-order valence-corrected chi connectivity index (χ3v) is 6.12. The van der Waals surface area contributed by atoms with Crippen LogP contribution >= 0.6 is 0 Å². The molecule has 1 saturated heterocycles. The second-order valence-corrected chi connectivity index (χ2v) is 8.72. The van der Waals surface area contributed by atoms with Crippen LogP contribution in [0.2, 0.25) is 0 Å². The van der Waals surface area contributed by atoms with Gasteiger partial charge in [0.2, 0.25) is 5.91 Å². The van der Waals surface area contributed by atoms with Crippen molar-refractivity contribution in [2.45, 2.75) is 19.4 Å². The SMILES string of the molecule is Cc1ccc(CCN[C@@H](C(=O)Nc2ccc(N3CCN(C)CC3)nc2)c2ccccc2)cc1. The maximum absolute atomic E-state index is 13.2. The van der Waals surface area contributed by atoms with Gasteiger partial charge in [0, 0.05) is 32.7 Å². The lowest BCUT2D eigenvalue weighted by molar-refractivity contribution is -0.118. The minimum Gasteiger partial charge on any atom is -0.354 e. The van der Waals surface area contributed by atoms with E-state index >= 15 is 0 Å². The molecule has 0 radical (unpaired) electrons. The summed E-state index contributed by atoms with van der Waals surface area (Å²) in [5.74, 6) is 0.871. The lowest BCUT2D eigenvalue weighted by Gasteiger charge is -2.33. The zero-order chi connectivity index (χ0) is 23.0. The van der Waals surface area contributed by atoms with Crippen molar-refractivity contribution in [3.05, 3.63) is 89.6 Å². The molecule has 6 heteroatoms. The second kappa shape index (κ2) is 11.1. The number of amides is 1. The van der Waals surface area contributed by atoms with Gasteiger partial charge in [-0.2, -0.15) is 0 Å². The Balaban J connectivity index is 1.39. The van der Waals surface area contributed by atoms with Gasteiger partial charge < -0.3 is 20.4 Å². The maximum Gasteiger partial charge on any atom is 0.246 e. The van der Waals surface area contributed by atoms with E-state index in [1.54, 1.807) is 6.20 Å². The molecule has 0 bridgehead atoms. The van der Waals surface area contributed by atoms with Gasteiger partial charge in [-0.1, -0.05) is 60.2 Å². The number of pyridine rings is 1. The number of aromatic nitrogens is 1. The molecule has 1 aromatic heterocycles. The van der Waals surface area contributed by atoms with Gasteiger partial charge in [-0.3, -0.25) is 4.79 Å². The van der Waals surface area contributed by atoms with Crippen LogP contribution in [0.3, 0.4) is 0 Å². The zero-order valence-electron chi connectivity index (χ0n) is 19.5. The Morgan fingerprint density at radius 3 is 2.36 bits per heavy atom. The van der Waals surface area contributed by atoms with Gasteiger partial charge in [0.25, 0.3) is 0 Å². The topological polar surface area (TPSA) is 60.5 Å². The van der Waals surface area contributed by atoms with E-state index in [0.29, 0.717) is 12.2 Å². The normalized spacial score (nSPS) is 15.3. The highest BCUT2D eigenvalue weighted by Crippen LogP contribution is 2.19. The molecule has 1 atom stereocenters. The van der Waals surface area contributed by atoms with Gasteiger partial charge in [-0.25, -0.2) is 4.98 Å². The highest BCUT2D eigenvalue weighted by atomic mass is 16.2. The maximum atomic E-state index is 13.2. The van der Waals surface area contributed by atoms with E-state index in [1.165, 1.54) is 11.1 Å². The van der Waals surface area contributed by atoms with Crippen molar-refractivity contribution >= 4 is 17.4 Å². The first kappa shape index (κ1) is 23.0. The number of aryl methyl sites for hydroxylation is 1. The molecule has 1 fully saturated rings. The quantitative estimate of drug-likeness (QED) is 0.557. The highest BCUT2D eigenvalue weighted by Gasteiger charge is 2.21. The van der Waals surface area contributed by atoms with E-state index in [1.807, 2.05) is 42.5 Å². The van der Waals surface area contributed by atoms with E-state index in [0.717, 1.165) is 44.0 Å². The smallest absolute Gasteiger partial charge is 0.246 e. The van der Waals surface area contributed by atoms with Crippen LogP contribution in [0.5, 0.6) is 0 Å². The van der Waals surface area contributed by atoms with E-state index in [4.69, 9.17) is 0 Å². The first-order chi connectivity index (χ1) is 16.1. The Bertz CT molecular complexity index is 1010. The standard InChI is InChI=1S/C27H33N5O/c1-21-8-10-22(11-9-21)14-15-28-26(23-6-4-3-5-7-23)27(33)30-24-12-13-25(29-20-24)32-18-16-31(2)17-19-32/h3-13,20,26,28H,14-19H2,1-2H3,(H,30,33)/t26-/m1/s1. The van der Waals surface area contributed by atoms with Crippen molar-refractivity contribution in [2.24, 2.45) is 0 Å². The number of anilines is 2. The zero-order valence-corrected chi connectivity index (χ0v) is 19.5. The van der Waals surface area contributed by atoms with Crippen LogP contribution in [0, 0.1) is 6.92 Å². The molecule has 1 aliphatic heterocycles. The fraction of sp³-hybridized carbons (Fsp3) is 0.333. The van der Waals surface area contributed by atoms with Crippen LogP contribution in [-0.2, 0) is 11.2 Å². The lowest BCUT2D eigenvalue weighted by atomic mass is 10.0. The van der Waals surface area contributed by atoms with E-state index in [9.17, 15) is 4.79 Å². The molecule has 0 saturated carbocycles. The van der Waals surface area contributed by atoms with Crippen molar-refractivity contribution in [1.82, 2.24) is 15.2 Å². The first-order valence-corrected chi connectivity index (χ1v) is 11.6. The van der Waals surface area contributed by atoms with Gasteiger partial charge in [-0.15, -0.1) is 0 Å². The van der Waals surface area contributed by atoms with Crippen LogP contribution in [-0.4, -0.2) is 55.6 Å². The Hall–Kier alpha value is -3.22. The number of piperazine rings is 1. The molecule has 3 aromatic rings. The minimum atomic E-state index is -0.436. The average Bonchev–Trinajstić information content (AvgIpc) is 2.84. The summed E-state index contributed by atoms with van der Waals surface area (Å²) >= 11 is 0.